The van der Waals surface area contributed by atoms with Gasteiger partial charge in [0, 0.05) is 6.07 Å². The second-order valence-corrected chi connectivity index (χ2v) is 5.23. The van der Waals surface area contributed by atoms with E-state index in [2.05, 4.69) is 5.10 Å². The molecule has 7 heteroatoms. The average molecular weight is 344 g/mol. The molecule has 3 rings (SSSR count). The standard InChI is InChI=1S/C18H17FN2O4/c1-3-24-14-8-16(17-15(10-22)18(19)20-21(17)9-14)25-11-12-4-6-13(23-2)7-5-12/h4-10H,3,11H2,1-2H3. The fourth-order valence-corrected chi connectivity index (χ4v) is 2.46. The number of carbonyl (C=O) groups is 1. The lowest BCUT2D eigenvalue weighted by Gasteiger charge is -2.11. The van der Waals surface area contributed by atoms with Crippen LogP contribution in [-0.4, -0.2) is 29.6 Å². The summed E-state index contributed by atoms with van der Waals surface area (Å²) in [5.74, 6) is 0.684. The van der Waals surface area contributed by atoms with Crippen molar-refractivity contribution in [2.45, 2.75) is 13.5 Å². The summed E-state index contributed by atoms with van der Waals surface area (Å²) in [4.78, 5) is 11.2. The van der Waals surface area contributed by atoms with Gasteiger partial charge in [-0.15, -0.1) is 5.10 Å². The molecule has 0 bridgehead atoms. The van der Waals surface area contributed by atoms with E-state index in [1.54, 1.807) is 13.2 Å². The predicted molar refractivity (Wildman–Crippen MR) is 89.0 cm³/mol. The van der Waals surface area contributed by atoms with Gasteiger partial charge < -0.3 is 14.2 Å². The topological polar surface area (TPSA) is 62.1 Å². The molecule has 0 radical (unpaired) electrons. The molecule has 0 saturated heterocycles. The first-order valence-electron chi connectivity index (χ1n) is 7.71. The lowest BCUT2D eigenvalue weighted by molar-refractivity contribution is 0.112. The molecule has 25 heavy (non-hydrogen) atoms. The van der Waals surface area contributed by atoms with Crippen molar-refractivity contribution in [1.29, 1.82) is 0 Å². The van der Waals surface area contributed by atoms with E-state index in [1.165, 1.54) is 10.7 Å². The maximum absolute atomic E-state index is 13.9. The summed E-state index contributed by atoms with van der Waals surface area (Å²) in [6, 6.07) is 8.98. The summed E-state index contributed by atoms with van der Waals surface area (Å²) >= 11 is 0. The molecule has 0 spiro atoms. The maximum atomic E-state index is 13.9. The minimum absolute atomic E-state index is 0.146. The Kier molecular flexibility index (Phi) is 4.83. The van der Waals surface area contributed by atoms with Gasteiger partial charge in [-0.25, -0.2) is 4.52 Å². The van der Waals surface area contributed by atoms with E-state index < -0.39 is 5.95 Å². The van der Waals surface area contributed by atoms with Gasteiger partial charge in [-0.2, -0.15) is 4.39 Å². The Hall–Kier alpha value is -3.09. The maximum Gasteiger partial charge on any atom is 0.244 e. The number of rotatable bonds is 7. The van der Waals surface area contributed by atoms with E-state index >= 15 is 0 Å². The number of hydrogen-bond acceptors (Lipinski definition) is 5. The zero-order valence-corrected chi connectivity index (χ0v) is 13.9. The number of hydrogen-bond donors (Lipinski definition) is 0. The van der Waals surface area contributed by atoms with Gasteiger partial charge in [-0.1, -0.05) is 12.1 Å². The minimum Gasteiger partial charge on any atom is -0.497 e. The van der Waals surface area contributed by atoms with E-state index in [0.717, 1.165) is 11.3 Å². The normalized spacial score (nSPS) is 10.7. The van der Waals surface area contributed by atoms with E-state index in [9.17, 15) is 9.18 Å². The molecule has 0 saturated carbocycles. The van der Waals surface area contributed by atoms with Gasteiger partial charge in [0.15, 0.2) is 6.29 Å². The van der Waals surface area contributed by atoms with Gasteiger partial charge in [0.05, 0.1) is 19.9 Å². The molecule has 0 aliphatic carbocycles. The van der Waals surface area contributed by atoms with Gasteiger partial charge >= 0.3 is 0 Å². The van der Waals surface area contributed by atoms with Crippen LogP contribution in [0.4, 0.5) is 4.39 Å². The zero-order valence-electron chi connectivity index (χ0n) is 13.9. The third-order valence-electron chi connectivity index (χ3n) is 3.64. The third kappa shape index (κ3) is 3.40. The molecule has 0 amide bonds. The lowest BCUT2D eigenvalue weighted by atomic mass is 10.2. The Bertz CT molecular complexity index is 890. The number of aromatic nitrogens is 2. The molecule has 6 nitrogen and oxygen atoms in total. The molecular weight excluding hydrogens is 327 g/mol. The first-order valence-corrected chi connectivity index (χ1v) is 7.71. The number of nitrogens with zero attached hydrogens (tertiary/aromatic N) is 2. The van der Waals surface area contributed by atoms with Gasteiger partial charge in [0.2, 0.25) is 5.95 Å². The summed E-state index contributed by atoms with van der Waals surface area (Å²) in [5.41, 5.74) is 1.02. The Morgan fingerprint density at radius 2 is 1.96 bits per heavy atom. The van der Waals surface area contributed by atoms with E-state index in [1.807, 2.05) is 31.2 Å². The predicted octanol–water partition coefficient (Wildman–Crippen LogP) is 3.27. The minimum atomic E-state index is -0.849. The molecular formula is C18H17FN2O4. The van der Waals surface area contributed by atoms with Crippen molar-refractivity contribution in [3.05, 3.63) is 53.6 Å². The highest BCUT2D eigenvalue weighted by atomic mass is 19.1. The highest BCUT2D eigenvalue weighted by Crippen LogP contribution is 2.30. The Morgan fingerprint density at radius 1 is 1.20 bits per heavy atom. The quantitative estimate of drug-likeness (QED) is 0.616. The molecule has 1 aromatic carbocycles. The molecule has 0 unspecified atom stereocenters. The first-order chi connectivity index (χ1) is 12.2. The smallest absolute Gasteiger partial charge is 0.244 e. The van der Waals surface area contributed by atoms with E-state index in [4.69, 9.17) is 14.2 Å². The summed E-state index contributed by atoms with van der Waals surface area (Å²) in [7, 11) is 1.59. The highest BCUT2D eigenvalue weighted by Gasteiger charge is 2.18. The summed E-state index contributed by atoms with van der Waals surface area (Å²) in [6.07, 6.45) is 1.94. The Morgan fingerprint density at radius 3 is 2.60 bits per heavy atom. The van der Waals surface area contributed by atoms with Crippen LogP contribution in [0.3, 0.4) is 0 Å². The SMILES string of the molecule is CCOc1cc(OCc2ccc(OC)cc2)c2c(C=O)c(F)nn2c1. The number of methoxy groups -OCH3 is 1. The number of pyridine rings is 1. The Labute approximate surface area is 143 Å². The van der Waals surface area contributed by atoms with Crippen molar-refractivity contribution in [2.75, 3.05) is 13.7 Å². The fourth-order valence-electron chi connectivity index (χ4n) is 2.46. The fraction of sp³-hybridized carbons (Fsp3) is 0.222. The van der Waals surface area contributed by atoms with E-state index in [-0.39, 0.29) is 17.7 Å². The van der Waals surface area contributed by atoms with Crippen molar-refractivity contribution in [2.24, 2.45) is 0 Å². The molecule has 2 aromatic heterocycles. The summed E-state index contributed by atoms with van der Waals surface area (Å²) in [5, 5.41) is 3.71. The number of benzene rings is 1. The van der Waals surface area contributed by atoms with Crippen LogP contribution in [0, 0.1) is 5.95 Å². The van der Waals surface area contributed by atoms with Gasteiger partial charge in [-0.05, 0) is 24.6 Å². The van der Waals surface area contributed by atoms with Crippen molar-refractivity contribution in [1.82, 2.24) is 9.61 Å². The molecule has 0 N–H and O–H groups in total. The van der Waals surface area contributed by atoms with Gasteiger partial charge in [0.1, 0.15) is 34.9 Å². The van der Waals surface area contributed by atoms with Crippen LogP contribution in [0.15, 0.2) is 36.5 Å². The van der Waals surface area contributed by atoms with Gasteiger partial charge in [0.25, 0.3) is 0 Å². The molecule has 3 aromatic rings. The van der Waals surface area contributed by atoms with Crippen LogP contribution in [-0.2, 0) is 6.61 Å². The average Bonchev–Trinajstić information content (AvgIpc) is 2.95. The number of halogens is 1. The third-order valence-corrected chi connectivity index (χ3v) is 3.64. The summed E-state index contributed by atoms with van der Waals surface area (Å²) < 4.78 is 31.5. The summed E-state index contributed by atoms with van der Waals surface area (Å²) in [6.45, 7) is 2.51. The molecule has 0 aliphatic heterocycles. The number of aldehydes is 1. The second-order valence-electron chi connectivity index (χ2n) is 5.23. The van der Waals surface area contributed by atoms with Crippen LogP contribution in [0.1, 0.15) is 22.8 Å². The molecule has 0 aliphatic rings. The lowest BCUT2D eigenvalue weighted by Crippen LogP contribution is -2.01. The molecule has 2 heterocycles. The first kappa shape index (κ1) is 16.8. The Balaban J connectivity index is 1.95. The van der Waals surface area contributed by atoms with Crippen LogP contribution >= 0.6 is 0 Å². The van der Waals surface area contributed by atoms with Gasteiger partial charge in [-0.3, -0.25) is 4.79 Å². The van der Waals surface area contributed by atoms with E-state index in [0.29, 0.717) is 24.4 Å². The number of carbonyl (C=O) groups excluding carboxylic acids is 1. The van der Waals surface area contributed by atoms with Crippen LogP contribution < -0.4 is 14.2 Å². The highest BCUT2D eigenvalue weighted by molar-refractivity contribution is 5.89. The van der Waals surface area contributed by atoms with Crippen LogP contribution in [0.2, 0.25) is 0 Å². The molecule has 0 atom stereocenters. The van der Waals surface area contributed by atoms with Crippen LogP contribution in [0.25, 0.3) is 5.52 Å². The molecule has 130 valence electrons. The second kappa shape index (κ2) is 7.21. The van der Waals surface area contributed by atoms with Crippen molar-refractivity contribution in [3.8, 4) is 17.2 Å². The van der Waals surface area contributed by atoms with Crippen LogP contribution in [0.5, 0.6) is 17.2 Å². The van der Waals surface area contributed by atoms with Crippen molar-refractivity contribution in [3.63, 3.8) is 0 Å². The molecule has 0 fully saturated rings. The number of ether oxygens (including phenoxy) is 3. The monoisotopic (exact) mass is 344 g/mol. The number of fused-ring (bicyclic) bond motifs is 1. The van der Waals surface area contributed by atoms with Crippen molar-refractivity contribution < 1.29 is 23.4 Å². The largest absolute Gasteiger partial charge is 0.497 e. The zero-order chi connectivity index (χ0) is 17.8. The van der Waals surface area contributed by atoms with Crippen molar-refractivity contribution >= 4 is 11.8 Å².